The van der Waals surface area contributed by atoms with Gasteiger partial charge in [-0.25, -0.2) is 0 Å². The normalized spacial score (nSPS) is 13.3. The minimum Gasteiger partial charge on any atom is -0.349 e. The SMILES string of the molecule is CN(C(=O)CNC(=O)CCC(=O)CNC(=O)CCN1C(=O)C=CC1=O)N(C)C(=O)CNC(=O)CCC(=O)CNC(=O)CCN1C(=O)C=CC1=O. The number of hydrogen-bond acceptors (Lipinski definition) is 12. The van der Waals surface area contributed by atoms with E-state index in [2.05, 4.69) is 21.3 Å². The molecule has 0 saturated carbocycles. The molecule has 0 aliphatic carbocycles. The molecule has 0 unspecified atom stereocenters. The summed E-state index contributed by atoms with van der Waals surface area (Å²) in [6, 6.07) is 0. The summed E-state index contributed by atoms with van der Waals surface area (Å²) >= 11 is 0. The zero-order chi connectivity index (χ0) is 37.4. The second-order valence-electron chi connectivity index (χ2n) is 10.8. The van der Waals surface area contributed by atoms with E-state index < -0.39 is 83.7 Å². The van der Waals surface area contributed by atoms with Crippen molar-refractivity contribution in [2.75, 3.05) is 53.4 Å². The van der Waals surface area contributed by atoms with Crippen molar-refractivity contribution in [1.82, 2.24) is 41.1 Å². The van der Waals surface area contributed by atoms with Gasteiger partial charge in [0.25, 0.3) is 35.4 Å². The first-order valence-electron chi connectivity index (χ1n) is 15.3. The van der Waals surface area contributed by atoms with E-state index in [-0.39, 0.29) is 64.7 Å². The molecule has 2 aliphatic rings. The Morgan fingerprint density at radius 1 is 0.460 bits per heavy atom. The predicted molar refractivity (Wildman–Crippen MR) is 167 cm³/mol. The summed E-state index contributed by atoms with van der Waals surface area (Å²) in [7, 11) is 2.49. The van der Waals surface area contributed by atoms with E-state index in [1.54, 1.807) is 0 Å². The number of Topliss-reactive ketones (excluding diaryl/α,β-unsaturated/α-hetero) is 2. The molecule has 0 radical (unpaired) electrons. The highest BCUT2D eigenvalue weighted by atomic mass is 16.2. The molecule has 2 heterocycles. The molecule has 0 fully saturated rings. The third-order valence-corrected chi connectivity index (χ3v) is 7.20. The van der Waals surface area contributed by atoms with Gasteiger partial charge in [0.15, 0.2) is 11.6 Å². The van der Waals surface area contributed by atoms with Crippen LogP contribution in [0.2, 0.25) is 0 Å². The molecule has 2 rings (SSSR count). The summed E-state index contributed by atoms with van der Waals surface area (Å²) in [5.41, 5.74) is 0. The van der Waals surface area contributed by atoms with Gasteiger partial charge in [-0.3, -0.25) is 77.4 Å². The molecule has 0 bridgehead atoms. The summed E-state index contributed by atoms with van der Waals surface area (Å²) in [5.74, 6) is -6.92. The minimum atomic E-state index is -0.702. The van der Waals surface area contributed by atoms with Crippen molar-refractivity contribution in [1.29, 1.82) is 0 Å². The fourth-order valence-electron chi connectivity index (χ4n) is 4.07. The Balaban J connectivity index is 1.55. The van der Waals surface area contributed by atoms with Gasteiger partial charge in [0.05, 0.1) is 26.2 Å². The number of amides is 10. The molecule has 20 nitrogen and oxygen atoms in total. The lowest BCUT2D eigenvalue weighted by Gasteiger charge is -2.28. The van der Waals surface area contributed by atoms with E-state index >= 15 is 0 Å². The number of likely N-dealkylation sites (N-methyl/N-ethyl adjacent to an activating group) is 2. The van der Waals surface area contributed by atoms with Gasteiger partial charge >= 0.3 is 0 Å². The maximum atomic E-state index is 12.4. The number of rotatable bonds is 20. The molecule has 4 N–H and O–H groups in total. The standard InChI is InChI=1S/C30H38N8O12/c1-35(29(49)17-33-21(41)5-3-19(39)15-31-23(43)11-13-37-25(45)7-8-26(37)46)36(2)30(50)18-34-22(42)6-4-20(40)16-32-24(44)12-14-38-27(47)9-10-28(38)48/h7-10H,3-6,11-18H2,1-2H3,(H,31,43)(H,32,44)(H,33,41)(H,34,42). The first kappa shape index (κ1) is 40.1. The van der Waals surface area contributed by atoms with E-state index in [9.17, 15) is 57.5 Å². The molecule has 50 heavy (non-hydrogen) atoms. The molecule has 10 amide bonds. The Hall–Kier alpha value is -6.08. The fourth-order valence-corrected chi connectivity index (χ4v) is 4.07. The Morgan fingerprint density at radius 3 is 1.06 bits per heavy atom. The van der Waals surface area contributed by atoms with Gasteiger partial charge < -0.3 is 21.3 Å². The molecule has 0 atom stereocenters. The van der Waals surface area contributed by atoms with Crippen molar-refractivity contribution < 1.29 is 57.5 Å². The Bertz CT molecular complexity index is 1360. The minimum absolute atomic E-state index is 0.144. The second kappa shape index (κ2) is 19.7. The lowest BCUT2D eigenvalue weighted by atomic mass is 10.2. The number of nitrogens with zero attached hydrogens (tertiary/aromatic N) is 4. The van der Waals surface area contributed by atoms with Crippen LogP contribution in [0.1, 0.15) is 38.5 Å². The van der Waals surface area contributed by atoms with Crippen LogP contribution >= 0.6 is 0 Å². The molecular weight excluding hydrogens is 664 g/mol. The van der Waals surface area contributed by atoms with Gasteiger partial charge in [0.2, 0.25) is 23.6 Å². The Morgan fingerprint density at radius 2 is 0.740 bits per heavy atom. The van der Waals surface area contributed by atoms with Crippen molar-refractivity contribution in [3.8, 4) is 0 Å². The van der Waals surface area contributed by atoms with E-state index in [0.717, 1.165) is 44.1 Å². The number of imide groups is 2. The molecule has 0 spiro atoms. The zero-order valence-electron chi connectivity index (χ0n) is 27.5. The van der Waals surface area contributed by atoms with Crippen molar-refractivity contribution in [2.24, 2.45) is 0 Å². The van der Waals surface area contributed by atoms with Crippen molar-refractivity contribution in [3.05, 3.63) is 24.3 Å². The molecule has 0 saturated heterocycles. The van der Waals surface area contributed by atoms with Crippen molar-refractivity contribution in [3.63, 3.8) is 0 Å². The first-order valence-corrected chi connectivity index (χ1v) is 15.3. The van der Waals surface area contributed by atoms with E-state index in [1.165, 1.54) is 14.1 Å². The van der Waals surface area contributed by atoms with Crippen LogP contribution < -0.4 is 21.3 Å². The third kappa shape index (κ3) is 13.6. The summed E-state index contributed by atoms with van der Waals surface area (Å²) in [5, 5.41) is 11.1. The number of carbonyl (C=O) groups excluding carboxylic acids is 12. The molecule has 0 aromatic heterocycles. The van der Waals surface area contributed by atoms with E-state index in [1.807, 2.05) is 0 Å². The van der Waals surface area contributed by atoms with Crippen molar-refractivity contribution >= 4 is 70.6 Å². The fraction of sp³-hybridized carbons (Fsp3) is 0.467. The van der Waals surface area contributed by atoms with Gasteiger partial charge in [0.1, 0.15) is 0 Å². The quantitative estimate of drug-likeness (QED) is 0.0692. The maximum absolute atomic E-state index is 12.4. The second-order valence-corrected chi connectivity index (χ2v) is 10.8. The summed E-state index contributed by atoms with van der Waals surface area (Å²) in [4.78, 5) is 145. The first-order chi connectivity index (χ1) is 23.6. The van der Waals surface area contributed by atoms with Gasteiger partial charge in [-0.1, -0.05) is 0 Å². The van der Waals surface area contributed by atoms with Crippen LogP contribution in [0.25, 0.3) is 0 Å². The van der Waals surface area contributed by atoms with Crippen LogP contribution in [0.3, 0.4) is 0 Å². The van der Waals surface area contributed by atoms with Crippen LogP contribution in [0.15, 0.2) is 24.3 Å². The molecule has 270 valence electrons. The van der Waals surface area contributed by atoms with Crippen LogP contribution in [-0.2, 0) is 57.5 Å². The number of ketones is 2. The topological polar surface area (TPSA) is 266 Å². The molecule has 0 aromatic rings. The lowest BCUT2D eigenvalue weighted by molar-refractivity contribution is -0.157. The highest BCUT2D eigenvalue weighted by molar-refractivity contribution is 6.13. The zero-order valence-corrected chi connectivity index (χ0v) is 27.5. The number of carbonyl (C=O) groups is 12. The van der Waals surface area contributed by atoms with Gasteiger partial charge in [-0.15, -0.1) is 0 Å². The van der Waals surface area contributed by atoms with Gasteiger partial charge in [-0.2, -0.15) is 0 Å². The Kier molecular flexibility index (Phi) is 15.8. The predicted octanol–water partition coefficient (Wildman–Crippen LogP) is -4.39. The van der Waals surface area contributed by atoms with E-state index in [0.29, 0.717) is 0 Å². The average molecular weight is 703 g/mol. The third-order valence-electron chi connectivity index (χ3n) is 7.20. The molecular formula is C30H38N8O12. The number of nitrogens with one attached hydrogen (secondary N) is 4. The smallest absolute Gasteiger partial charge is 0.260 e. The van der Waals surface area contributed by atoms with Crippen LogP contribution in [0.4, 0.5) is 0 Å². The van der Waals surface area contributed by atoms with Gasteiger partial charge in [-0.05, 0) is 0 Å². The van der Waals surface area contributed by atoms with E-state index in [4.69, 9.17) is 0 Å². The van der Waals surface area contributed by atoms with Crippen LogP contribution in [0.5, 0.6) is 0 Å². The largest absolute Gasteiger partial charge is 0.349 e. The highest BCUT2D eigenvalue weighted by Gasteiger charge is 2.25. The monoisotopic (exact) mass is 702 g/mol. The maximum Gasteiger partial charge on any atom is 0.260 e. The lowest BCUT2D eigenvalue weighted by Crippen LogP contribution is -2.51. The molecule has 0 aromatic carbocycles. The van der Waals surface area contributed by atoms with Crippen LogP contribution in [-0.4, -0.2) is 144 Å². The van der Waals surface area contributed by atoms with Gasteiger partial charge in [0, 0.05) is 90.0 Å². The Labute approximate surface area is 285 Å². The molecule has 2 aliphatic heterocycles. The highest BCUT2D eigenvalue weighted by Crippen LogP contribution is 2.05. The summed E-state index contributed by atoms with van der Waals surface area (Å²) < 4.78 is 0. The average Bonchev–Trinajstić information content (AvgIpc) is 3.59. The summed E-state index contributed by atoms with van der Waals surface area (Å²) in [6.45, 7) is -2.07. The molecule has 20 heteroatoms. The van der Waals surface area contributed by atoms with Crippen molar-refractivity contribution in [2.45, 2.75) is 38.5 Å². The summed E-state index contributed by atoms with van der Waals surface area (Å²) in [6.07, 6.45) is 2.87. The number of hydrazine groups is 1. The number of hydrogen-bond donors (Lipinski definition) is 4. The van der Waals surface area contributed by atoms with Crippen LogP contribution in [0, 0.1) is 0 Å².